The molecule has 1 aromatic heterocycles. The maximum absolute atomic E-state index is 11.8. The molecule has 2 heterocycles. The lowest BCUT2D eigenvalue weighted by Gasteiger charge is -2.15. The van der Waals surface area contributed by atoms with Crippen molar-refractivity contribution >= 4 is 28.8 Å². The Kier molecular flexibility index (Phi) is 3.84. The van der Waals surface area contributed by atoms with Gasteiger partial charge in [0.05, 0.1) is 10.4 Å². The molecule has 2 unspecified atom stereocenters. The van der Waals surface area contributed by atoms with E-state index in [0.29, 0.717) is 6.61 Å². The van der Waals surface area contributed by atoms with Crippen molar-refractivity contribution in [2.45, 2.75) is 31.9 Å². The first-order valence-corrected chi connectivity index (χ1v) is 6.53. The quantitative estimate of drug-likeness (QED) is 0.907. The van der Waals surface area contributed by atoms with Gasteiger partial charge >= 0.3 is 0 Å². The van der Waals surface area contributed by atoms with Crippen molar-refractivity contribution in [3.8, 4) is 0 Å². The molecule has 16 heavy (non-hydrogen) atoms. The van der Waals surface area contributed by atoms with Crippen molar-refractivity contribution in [3.63, 3.8) is 0 Å². The van der Waals surface area contributed by atoms with E-state index in [1.54, 1.807) is 0 Å². The second kappa shape index (κ2) is 5.17. The van der Waals surface area contributed by atoms with E-state index in [2.05, 4.69) is 5.32 Å². The zero-order valence-corrected chi connectivity index (χ0v) is 10.6. The minimum Gasteiger partial charge on any atom is -0.368 e. The summed E-state index contributed by atoms with van der Waals surface area (Å²) in [5, 5.41) is 2.94. The van der Waals surface area contributed by atoms with Gasteiger partial charge in [0.2, 0.25) is 5.91 Å². The lowest BCUT2D eigenvalue weighted by atomic mass is 10.2. The molecule has 1 aliphatic heterocycles. The van der Waals surface area contributed by atoms with Gasteiger partial charge in [-0.2, -0.15) is 0 Å². The lowest BCUT2D eigenvalue weighted by Crippen LogP contribution is -2.35. The molecule has 1 saturated heterocycles. The van der Waals surface area contributed by atoms with Crippen LogP contribution in [-0.2, 0) is 9.53 Å². The van der Waals surface area contributed by atoms with Gasteiger partial charge in [0.1, 0.15) is 6.10 Å². The molecule has 0 saturated carbocycles. The molecule has 0 bridgehead atoms. The smallest absolute Gasteiger partial charge is 0.249 e. The van der Waals surface area contributed by atoms with Crippen LogP contribution in [0, 0.1) is 0 Å². The predicted molar refractivity (Wildman–Crippen MR) is 64.9 cm³/mol. The number of nitrogens with one attached hydrogen (secondary N) is 1. The Bertz CT molecular complexity index is 374. The molecule has 1 amide bonds. The van der Waals surface area contributed by atoms with Gasteiger partial charge in [-0.05, 0) is 31.9 Å². The summed E-state index contributed by atoms with van der Waals surface area (Å²) in [7, 11) is 0. The number of halogens is 1. The number of thiophene rings is 1. The van der Waals surface area contributed by atoms with E-state index in [1.165, 1.54) is 11.3 Å². The number of carbonyl (C=O) groups is 1. The first kappa shape index (κ1) is 11.9. The topological polar surface area (TPSA) is 38.3 Å². The number of rotatable bonds is 3. The average Bonchev–Trinajstić information content (AvgIpc) is 2.87. The van der Waals surface area contributed by atoms with Crippen molar-refractivity contribution in [3.05, 3.63) is 21.3 Å². The molecule has 0 aliphatic carbocycles. The summed E-state index contributed by atoms with van der Waals surface area (Å²) in [6, 6.07) is 3.78. The minimum absolute atomic E-state index is 0.00537. The van der Waals surface area contributed by atoms with Crippen LogP contribution in [0.3, 0.4) is 0 Å². The molecule has 88 valence electrons. The van der Waals surface area contributed by atoms with Crippen LogP contribution < -0.4 is 5.32 Å². The van der Waals surface area contributed by atoms with Gasteiger partial charge in [-0.1, -0.05) is 11.6 Å². The summed E-state index contributed by atoms with van der Waals surface area (Å²) in [5.74, 6) is -0.0190. The van der Waals surface area contributed by atoms with Crippen LogP contribution in [0.2, 0.25) is 4.34 Å². The van der Waals surface area contributed by atoms with Gasteiger partial charge in [-0.3, -0.25) is 4.79 Å². The Hall–Kier alpha value is -0.580. The van der Waals surface area contributed by atoms with Crippen LogP contribution in [-0.4, -0.2) is 18.6 Å². The number of amides is 1. The van der Waals surface area contributed by atoms with Crippen molar-refractivity contribution in [1.82, 2.24) is 5.32 Å². The van der Waals surface area contributed by atoms with Gasteiger partial charge in [0, 0.05) is 11.5 Å². The Balaban J connectivity index is 1.91. The highest BCUT2D eigenvalue weighted by Crippen LogP contribution is 2.27. The molecule has 2 atom stereocenters. The molecule has 1 fully saturated rings. The van der Waals surface area contributed by atoms with Gasteiger partial charge in [-0.25, -0.2) is 0 Å². The van der Waals surface area contributed by atoms with E-state index < -0.39 is 0 Å². The molecule has 3 nitrogen and oxygen atoms in total. The summed E-state index contributed by atoms with van der Waals surface area (Å²) < 4.78 is 6.07. The van der Waals surface area contributed by atoms with E-state index in [9.17, 15) is 4.79 Å². The Morgan fingerprint density at radius 3 is 3.06 bits per heavy atom. The van der Waals surface area contributed by atoms with Gasteiger partial charge in [0.15, 0.2) is 0 Å². The first-order valence-electron chi connectivity index (χ1n) is 5.34. The van der Waals surface area contributed by atoms with Crippen LogP contribution >= 0.6 is 22.9 Å². The van der Waals surface area contributed by atoms with Gasteiger partial charge in [-0.15, -0.1) is 11.3 Å². The summed E-state index contributed by atoms with van der Waals surface area (Å²) in [4.78, 5) is 12.8. The molecule has 0 spiro atoms. The standard InChI is InChI=1S/C11H14ClNO2S/c1-7(9-4-5-10(12)16-9)13-11(14)8-3-2-6-15-8/h4-5,7-8H,2-3,6H2,1H3,(H,13,14). The monoisotopic (exact) mass is 259 g/mol. The number of hydrogen-bond acceptors (Lipinski definition) is 3. The fourth-order valence-electron chi connectivity index (χ4n) is 1.72. The summed E-state index contributed by atoms with van der Waals surface area (Å²) in [6.07, 6.45) is 1.53. The number of ether oxygens (including phenoxy) is 1. The third-order valence-electron chi connectivity index (χ3n) is 2.60. The molecule has 1 aromatic rings. The number of carbonyl (C=O) groups excluding carboxylic acids is 1. The second-order valence-electron chi connectivity index (χ2n) is 3.87. The predicted octanol–water partition coefficient (Wildman–Crippen LogP) is 2.76. The van der Waals surface area contributed by atoms with Crippen molar-refractivity contribution in [1.29, 1.82) is 0 Å². The summed E-state index contributed by atoms with van der Waals surface area (Å²) >= 11 is 7.34. The third-order valence-corrected chi connectivity index (χ3v) is 4.02. The van der Waals surface area contributed by atoms with Crippen LogP contribution in [0.15, 0.2) is 12.1 Å². The van der Waals surface area contributed by atoms with Gasteiger partial charge < -0.3 is 10.1 Å². The fraction of sp³-hybridized carbons (Fsp3) is 0.545. The van der Waals surface area contributed by atoms with Crippen LogP contribution in [0.4, 0.5) is 0 Å². The highest BCUT2D eigenvalue weighted by Gasteiger charge is 2.25. The van der Waals surface area contributed by atoms with Gasteiger partial charge in [0.25, 0.3) is 0 Å². The Labute approximate surface area is 104 Å². The van der Waals surface area contributed by atoms with E-state index in [0.717, 1.165) is 22.1 Å². The second-order valence-corrected chi connectivity index (χ2v) is 5.62. The van der Waals surface area contributed by atoms with E-state index in [1.807, 2.05) is 19.1 Å². The molecule has 0 radical (unpaired) electrons. The molecule has 0 aromatic carbocycles. The third kappa shape index (κ3) is 2.75. The maximum Gasteiger partial charge on any atom is 0.249 e. The van der Waals surface area contributed by atoms with E-state index in [4.69, 9.17) is 16.3 Å². The normalized spacial score (nSPS) is 22.0. The maximum atomic E-state index is 11.8. The lowest BCUT2D eigenvalue weighted by molar-refractivity contribution is -0.130. The Morgan fingerprint density at radius 1 is 1.69 bits per heavy atom. The minimum atomic E-state index is -0.266. The van der Waals surface area contributed by atoms with Crippen molar-refractivity contribution in [2.24, 2.45) is 0 Å². The van der Waals surface area contributed by atoms with Crippen LogP contribution in [0.1, 0.15) is 30.7 Å². The number of hydrogen-bond donors (Lipinski definition) is 1. The van der Waals surface area contributed by atoms with E-state index in [-0.39, 0.29) is 18.1 Å². The first-order chi connectivity index (χ1) is 7.66. The SMILES string of the molecule is CC(NC(=O)C1CCCO1)c1ccc(Cl)s1. The zero-order chi connectivity index (χ0) is 11.5. The summed E-state index contributed by atoms with van der Waals surface area (Å²) in [5.41, 5.74) is 0. The van der Waals surface area contributed by atoms with Crippen molar-refractivity contribution in [2.75, 3.05) is 6.61 Å². The highest BCUT2D eigenvalue weighted by atomic mass is 35.5. The molecule has 1 N–H and O–H groups in total. The largest absolute Gasteiger partial charge is 0.368 e. The van der Waals surface area contributed by atoms with E-state index >= 15 is 0 Å². The van der Waals surface area contributed by atoms with Crippen LogP contribution in [0.5, 0.6) is 0 Å². The Morgan fingerprint density at radius 2 is 2.50 bits per heavy atom. The molecule has 5 heteroatoms. The molecule has 1 aliphatic rings. The highest BCUT2D eigenvalue weighted by molar-refractivity contribution is 7.16. The molecule has 2 rings (SSSR count). The average molecular weight is 260 g/mol. The summed E-state index contributed by atoms with van der Waals surface area (Å²) in [6.45, 7) is 2.65. The van der Waals surface area contributed by atoms with Crippen LogP contribution in [0.25, 0.3) is 0 Å². The zero-order valence-electron chi connectivity index (χ0n) is 9.03. The fourth-order valence-corrected chi connectivity index (χ4v) is 2.79. The van der Waals surface area contributed by atoms with Crippen molar-refractivity contribution < 1.29 is 9.53 Å². The molecular weight excluding hydrogens is 246 g/mol. The molecular formula is C11H14ClNO2S.